The molecule has 0 spiro atoms. The molecule has 0 unspecified atom stereocenters. The average molecular weight is 315 g/mol. The zero-order valence-corrected chi connectivity index (χ0v) is 12.5. The Kier molecular flexibility index (Phi) is 5.62. The molecular formula is C13H19BrN2O2. The molecule has 0 atom stereocenters. The van der Waals surface area contributed by atoms with Crippen molar-refractivity contribution in [3.05, 3.63) is 27.7 Å². The number of phenols is 1. The van der Waals surface area contributed by atoms with Gasteiger partial charge in [-0.2, -0.15) is 0 Å². The minimum absolute atomic E-state index is 0.0249. The molecule has 1 amide bonds. The number of hydrogen-bond acceptors (Lipinski definition) is 3. The van der Waals surface area contributed by atoms with Crippen LogP contribution < -0.4 is 5.32 Å². The number of likely N-dealkylation sites (N-methyl/N-ethyl adjacent to an activating group) is 2. The first-order chi connectivity index (χ1) is 8.47. The van der Waals surface area contributed by atoms with Crippen LogP contribution in [0.4, 0.5) is 0 Å². The highest BCUT2D eigenvalue weighted by molar-refractivity contribution is 9.10. The van der Waals surface area contributed by atoms with Gasteiger partial charge < -0.3 is 10.4 Å². The van der Waals surface area contributed by atoms with Crippen molar-refractivity contribution in [3.8, 4) is 5.75 Å². The van der Waals surface area contributed by atoms with Crippen LogP contribution in [0.25, 0.3) is 0 Å². The number of rotatable bonds is 5. The lowest BCUT2D eigenvalue weighted by atomic mass is 10.1. The monoisotopic (exact) mass is 314 g/mol. The lowest BCUT2D eigenvalue weighted by molar-refractivity contribution is -0.121. The molecule has 1 rings (SSSR count). The third-order valence-electron chi connectivity index (χ3n) is 2.83. The Balaban J connectivity index is 2.84. The van der Waals surface area contributed by atoms with Gasteiger partial charge >= 0.3 is 0 Å². The number of phenolic OH excluding ortho intramolecular Hbond substituents is 1. The summed E-state index contributed by atoms with van der Waals surface area (Å²) in [6.07, 6.45) is 0. The summed E-state index contributed by atoms with van der Waals surface area (Å²) in [4.78, 5) is 13.3. The maximum absolute atomic E-state index is 11.4. The van der Waals surface area contributed by atoms with Gasteiger partial charge in [-0.1, -0.05) is 22.9 Å². The van der Waals surface area contributed by atoms with Crippen molar-refractivity contribution in [1.29, 1.82) is 0 Å². The summed E-state index contributed by atoms with van der Waals surface area (Å²) in [6, 6.07) is 3.75. The number of nitrogens with zero attached hydrogens (tertiary/aromatic N) is 1. The molecule has 0 aliphatic carbocycles. The quantitative estimate of drug-likeness (QED) is 0.874. The molecule has 0 saturated heterocycles. The number of aryl methyl sites for hydroxylation is 1. The molecule has 0 fully saturated rings. The Morgan fingerprint density at radius 1 is 1.50 bits per heavy atom. The second kappa shape index (κ2) is 6.75. The Morgan fingerprint density at radius 2 is 2.17 bits per heavy atom. The van der Waals surface area contributed by atoms with Gasteiger partial charge in [0.25, 0.3) is 0 Å². The number of amides is 1. The van der Waals surface area contributed by atoms with Crippen LogP contribution in [0.2, 0.25) is 0 Å². The number of carbonyl (C=O) groups is 1. The number of carbonyl (C=O) groups excluding carboxylic acids is 1. The maximum Gasteiger partial charge on any atom is 0.233 e. The second-order valence-electron chi connectivity index (χ2n) is 4.21. The van der Waals surface area contributed by atoms with Crippen LogP contribution in [0.1, 0.15) is 18.1 Å². The number of nitrogens with one attached hydrogen (secondary N) is 1. The Morgan fingerprint density at radius 3 is 2.72 bits per heavy atom. The molecule has 2 N–H and O–H groups in total. The molecule has 0 aromatic heterocycles. The van der Waals surface area contributed by atoms with Crippen LogP contribution in [0.5, 0.6) is 5.75 Å². The molecule has 100 valence electrons. The van der Waals surface area contributed by atoms with Gasteiger partial charge in [-0.25, -0.2) is 0 Å². The summed E-state index contributed by atoms with van der Waals surface area (Å²) in [5.41, 5.74) is 1.66. The van der Waals surface area contributed by atoms with E-state index in [4.69, 9.17) is 0 Å². The molecule has 0 heterocycles. The van der Waals surface area contributed by atoms with Crippen molar-refractivity contribution in [2.24, 2.45) is 0 Å². The van der Waals surface area contributed by atoms with Crippen LogP contribution in [-0.2, 0) is 11.3 Å². The van der Waals surface area contributed by atoms with E-state index in [1.165, 1.54) is 0 Å². The zero-order valence-electron chi connectivity index (χ0n) is 11.0. The van der Waals surface area contributed by atoms with E-state index in [1.807, 2.05) is 30.9 Å². The fraction of sp³-hybridized carbons (Fsp3) is 0.462. The zero-order chi connectivity index (χ0) is 13.7. The van der Waals surface area contributed by atoms with E-state index in [0.717, 1.165) is 22.1 Å². The first kappa shape index (κ1) is 15.0. The third-order valence-corrected chi connectivity index (χ3v) is 3.29. The minimum atomic E-state index is -0.0249. The van der Waals surface area contributed by atoms with E-state index in [2.05, 4.69) is 21.2 Å². The van der Waals surface area contributed by atoms with E-state index in [0.29, 0.717) is 18.8 Å². The number of aromatic hydroxyl groups is 1. The molecule has 0 aliphatic heterocycles. The van der Waals surface area contributed by atoms with Crippen LogP contribution >= 0.6 is 15.9 Å². The minimum Gasteiger partial charge on any atom is -0.507 e. The van der Waals surface area contributed by atoms with Crippen LogP contribution in [-0.4, -0.2) is 36.1 Å². The van der Waals surface area contributed by atoms with Crippen molar-refractivity contribution in [2.75, 3.05) is 20.1 Å². The Bertz CT molecular complexity index is 435. The lowest BCUT2D eigenvalue weighted by Gasteiger charge is -2.20. The SMILES string of the molecule is CCN(CC(=O)NC)Cc1cc(Br)cc(C)c1O. The molecule has 0 bridgehead atoms. The summed E-state index contributed by atoms with van der Waals surface area (Å²) < 4.78 is 0.934. The van der Waals surface area contributed by atoms with Crippen LogP contribution in [0.3, 0.4) is 0 Å². The van der Waals surface area contributed by atoms with Gasteiger partial charge in [0, 0.05) is 23.6 Å². The van der Waals surface area contributed by atoms with Gasteiger partial charge in [-0.15, -0.1) is 0 Å². The van der Waals surface area contributed by atoms with Gasteiger partial charge in [-0.3, -0.25) is 9.69 Å². The Hall–Kier alpha value is -1.07. The fourth-order valence-electron chi connectivity index (χ4n) is 1.73. The van der Waals surface area contributed by atoms with Crippen LogP contribution in [0, 0.1) is 6.92 Å². The van der Waals surface area contributed by atoms with Crippen LogP contribution in [0.15, 0.2) is 16.6 Å². The van der Waals surface area contributed by atoms with E-state index < -0.39 is 0 Å². The normalized spacial score (nSPS) is 10.7. The molecular weight excluding hydrogens is 296 g/mol. The molecule has 0 radical (unpaired) electrons. The van der Waals surface area contributed by atoms with Crippen molar-refractivity contribution >= 4 is 21.8 Å². The van der Waals surface area contributed by atoms with E-state index in [9.17, 15) is 9.90 Å². The maximum atomic E-state index is 11.4. The molecule has 5 heteroatoms. The van der Waals surface area contributed by atoms with Gasteiger partial charge in [0.15, 0.2) is 0 Å². The predicted molar refractivity (Wildman–Crippen MR) is 75.6 cm³/mol. The average Bonchev–Trinajstić information content (AvgIpc) is 2.34. The summed E-state index contributed by atoms with van der Waals surface area (Å²) >= 11 is 3.41. The van der Waals surface area contributed by atoms with Gasteiger partial charge in [-0.05, 0) is 31.2 Å². The highest BCUT2D eigenvalue weighted by Crippen LogP contribution is 2.27. The van der Waals surface area contributed by atoms with Crippen molar-refractivity contribution in [2.45, 2.75) is 20.4 Å². The predicted octanol–water partition coefficient (Wildman–Crippen LogP) is 2.03. The number of benzene rings is 1. The molecule has 4 nitrogen and oxygen atoms in total. The summed E-state index contributed by atoms with van der Waals surface area (Å²) in [5, 5.41) is 12.6. The topological polar surface area (TPSA) is 52.6 Å². The largest absolute Gasteiger partial charge is 0.507 e. The Labute approximate surface area is 116 Å². The summed E-state index contributed by atoms with van der Waals surface area (Å²) in [7, 11) is 1.62. The highest BCUT2D eigenvalue weighted by atomic mass is 79.9. The van der Waals surface area contributed by atoms with E-state index in [1.54, 1.807) is 7.05 Å². The smallest absolute Gasteiger partial charge is 0.233 e. The van der Waals surface area contributed by atoms with Gasteiger partial charge in [0.05, 0.1) is 6.54 Å². The summed E-state index contributed by atoms with van der Waals surface area (Å²) in [5.74, 6) is 0.275. The fourth-order valence-corrected chi connectivity index (χ4v) is 2.35. The molecule has 1 aromatic rings. The second-order valence-corrected chi connectivity index (χ2v) is 5.12. The first-order valence-electron chi connectivity index (χ1n) is 5.88. The standard InChI is InChI=1S/C13H19BrN2O2/c1-4-16(8-12(17)15-3)7-10-6-11(14)5-9(2)13(10)18/h5-6,18H,4,7-8H2,1-3H3,(H,15,17). The van der Waals surface area contributed by atoms with Crippen molar-refractivity contribution in [1.82, 2.24) is 10.2 Å². The highest BCUT2D eigenvalue weighted by Gasteiger charge is 2.12. The summed E-state index contributed by atoms with van der Waals surface area (Å²) in [6.45, 7) is 5.48. The van der Waals surface area contributed by atoms with E-state index >= 15 is 0 Å². The van der Waals surface area contributed by atoms with Crippen molar-refractivity contribution in [3.63, 3.8) is 0 Å². The number of halogens is 1. The molecule has 0 aliphatic rings. The third kappa shape index (κ3) is 3.99. The first-order valence-corrected chi connectivity index (χ1v) is 6.68. The lowest BCUT2D eigenvalue weighted by Crippen LogP contribution is -2.35. The molecule has 18 heavy (non-hydrogen) atoms. The van der Waals surface area contributed by atoms with Gasteiger partial charge in [0.1, 0.15) is 5.75 Å². The van der Waals surface area contributed by atoms with E-state index in [-0.39, 0.29) is 5.91 Å². The molecule has 1 aromatic carbocycles. The van der Waals surface area contributed by atoms with Gasteiger partial charge in [0.2, 0.25) is 5.91 Å². The molecule has 0 saturated carbocycles. The van der Waals surface area contributed by atoms with Crippen molar-refractivity contribution < 1.29 is 9.90 Å². The number of hydrogen-bond donors (Lipinski definition) is 2.